The molecule has 0 aromatic carbocycles. The van der Waals surface area contributed by atoms with E-state index in [0.717, 1.165) is 12.8 Å². The number of aryl methyl sites for hydroxylation is 1. The van der Waals surface area contributed by atoms with E-state index in [9.17, 15) is 19.7 Å². The summed E-state index contributed by atoms with van der Waals surface area (Å²) in [5, 5.41) is 26.1. The summed E-state index contributed by atoms with van der Waals surface area (Å²) in [6.45, 7) is 1.95. The summed E-state index contributed by atoms with van der Waals surface area (Å²) in [4.78, 5) is 35.3. The molecule has 1 atom stereocenters. The highest BCUT2D eigenvalue weighted by Gasteiger charge is 2.34. The number of piperidine rings is 1. The van der Waals surface area contributed by atoms with Crippen LogP contribution in [-0.2, 0) is 4.79 Å². The Morgan fingerprint density at radius 2 is 2.23 bits per heavy atom. The molecule has 1 aliphatic heterocycles. The van der Waals surface area contributed by atoms with Crippen LogP contribution in [0, 0.1) is 17.0 Å². The molecule has 1 fully saturated rings. The quantitative estimate of drug-likeness (QED) is 0.626. The maximum Gasteiger partial charge on any atom is 0.322 e. The lowest BCUT2D eigenvalue weighted by molar-refractivity contribution is -0.385. The van der Waals surface area contributed by atoms with Gasteiger partial charge in [-0.1, -0.05) is 0 Å². The van der Waals surface area contributed by atoms with Gasteiger partial charge in [-0.15, -0.1) is 0 Å². The minimum atomic E-state index is -0.917. The number of carbonyl (C=O) groups excluding carboxylic acids is 1. The summed E-state index contributed by atoms with van der Waals surface area (Å²) in [7, 11) is 0. The molecule has 1 aliphatic rings. The number of hydrogen-bond acceptors (Lipinski definition) is 5. The Labute approximate surface area is 126 Å². The topological polar surface area (TPSA) is 129 Å². The van der Waals surface area contributed by atoms with Gasteiger partial charge in [0, 0.05) is 19.0 Å². The fraction of sp³-hybridized carbons (Fsp3) is 0.615. The number of amides is 1. The predicted octanol–water partition coefficient (Wildman–Crippen LogP) is 1.49. The van der Waals surface area contributed by atoms with Crippen LogP contribution in [0.2, 0.25) is 0 Å². The van der Waals surface area contributed by atoms with Gasteiger partial charge in [0.1, 0.15) is 5.69 Å². The highest BCUT2D eigenvalue weighted by atomic mass is 16.6. The number of carbonyl (C=O) groups is 2. The van der Waals surface area contributed by atoms with Crippen molar-refractivity contribution >= 4 is 17.6 Å². The van der Waals surface area contributed by atoms with E-state index < -0.39 is 16.8 Å². The van der Waals surface area contributed by atoms with Gasteiger partial charge < -0.3 is 10.0 Å². The third kappa shape index (κ3) is 3.23. The second-order valence-corrected chi connectivity index (χ2v) is 5.38. The van der Waals surface area contributed by atoms with Crippen LogP contribution in [0.25, 0.3) is 0 Å². The first-order valence-corrected chi connectivity index (χ1v) is 7.14. The number of carboxylic acids is 1. The first-order chi connectivity index (χ1) is 10.4. The number of carboxylic acid groups (broad SMARTS) is 1. The lowest BCUT2D eigenvalue weighted by Crippen LogP contribution is -2.44. The van der Waals surface area contributed by atoms with Crippen molar-refractivity contribution in [2.24, 2.45) is 0 Å². The van der Waals surface area contributed by atoms with Crippen molar-refractivity contribution < 1.29 is 19.6 Å². The summed E-state index contributed by atoms with van der Waals surface area (Å²) in [6, 6.07) is -0.214. The largest absolute Gasteiger partial charge is 0.481 e. The average molecular weight is 310 g/mol. The highest BCUT2D eigenvalue weighted by Crippen LogP contribution is 2.27. The van der Waals surface area contributed by atoms with Crippen LogP contribution in [0.15, 0.2) is 0 Å². The van der Waals surface area contributed by atoms with Gasteiger partial charge >= 0.3 is 11.7 Å². The van der Waals surface area contributed by atoms with E-state index in [4.69, 9.17) is 5.11 Å². The molecule has 1 amide bonds. The highest BCUT2D eigenvalue weighted by molar-refractivity contribution is 5.96. The van der Waals surface area contributed by atoms with Crippen LogP contribution in [-0.4, -0.2) is 49.6 Å². The zero-order chi connectivity index (χ0) is 16.3. The van der Waals surface area contributed by atoms with Gasteiger partial charge in [0.05, 0.1) is 4.92 Å². The molecule has 2 N–H and O–H groups in total. The molecule has 1 saturated heterocycles. The molecule has 22 heavy (non-hydrogen) atoms. The number of aromatic nitrogens is 2. The Hall–Kier alpha value is -2.45. The van der Waals surface area contributed by atoms with Crippen molar-refractivity contribution in [3.05, 3.63) is 21.5 Å². The Kier molecular flexibility index (Phi) is 4.74. The molecule has 1 aromatic rings. The van der Waals surface area contributed by atoms with Crippen LogP contribution in [0.5, 0.6) is 0 Å². The number of aliphatic carboxylic acids is 1. The summed E-state index contributed by atoms with van der Waals surface area (Å²) in [5.74, 6) is -1.43. The number of rotatable bonds is 5. The lowest BCUT2D eigenvalue weighted by Gasteiger charge is -2.35. The van der Waals surface area contributed by atoms with Crippen LogP contribution in [0.1, 0.15) is 48.3 Å². The van der Waals surface area contributed by atoms with Gasteiger partial charge in [-0.25, -0.2) is 0 Å². The molecule has 2 rings (SSSR count). The Morgan fingerprint density at radius 3 is 2.86 bits per heavy atom. The van der Waals surface area contributed by atoms with Gasteiger partial charge in [-0.2, -0.15) is 5.10 Å². The van der Waals surface area contributed by atoms with Crippen LogP contribution < -0.4 is 0 Å². The van der Waals surface area contributed by atoms with Crippen LogP contribution in [0.3, 0.4) is 0 Å². The number of nitrogens with zero attached hydrogens (tertiary/aromatic N) is 3. The summed E-state index contributed by atoms with van der Waals surface area (Å²) in [6.07, 6.45) is 2.73. The molecule has 0 bridgehead atoms. The maximum absolute atomic E-state index is 12.6. The van der Waals surface area contributed by atoms with Crippen molar-refractivity contribution in [2.45, 2.75) is 45.1 Å². The first-order valence-electron chi connectivity index (χ1n) is 7.14. The van der Waals surface area contributed by atoms with Crippen LogP contribution >= 0.6 is 0 Å². The number of hydrogen-bond donors (Lipinski definition) is 2. The normalized spacial score (nSPS) is 18.2. The molecule has 9 nitrogen and oxygen atoms in total. The van der Waals surface area contributed by atoms with Crippen molar-refractivity contribution in [3.63, 3.8) is 0 Å². The van der Waals surface area contributed by atoms with Gasteiger partial charge in [0.15, 0.2) is 0 Å². The van der Waals surface area contributed by atoms with Crippen molar-refractivity contribution in [1.29, 1.82) is 0 Å². The Balaban J connectivity index is 2.22. The molecule has 9 heteroatoms. The molecular formula is C13H18N4O5. The molecule has 0 aliphatic carbocycles. The predicted molar refractivity (Wildman–Crippen MR) is 75.5 cm³/mol. The zero-order valence-corrected chi connectivity index (χ0v) is 12.2. The fourth-order valence-corrected chi connectivity index (χ4v) is 2.79. The second kappa shape index (κ2) is 6.54. The van der Waals surface area contributed by atoms with Gasteiger partial charge in [0.2, 0.25) is 5.69 Å². The third-order valence-corrected chi connectivity index (χ3v) is 3.88. The summed E-state index contributed by atoms with van der Waals surface area (Å²) >= 11 is 0. The smallest absolute Gasteiger partial charge is 0.322 e. The molecule has 0 spiro atoms. The minimum Gasteiger partial charge on any atom is -0.481 e. The lowest BCUT2D eigenvalue weighted by atomic mass is 9.97. The van der Waals surface area contributed by atoms with Gasteiger partial charge in [0.25, 0.3) is 5.91 Å². The van der Waals surface area contributed by atoms with E-state index in [1.54, 1.807) is 0 Å². The average Bonchev–Trinajstić information content (AvgIpc) is 2.86. The second-order valence-electron chi connectivity index (χ2n) is 5.38. The Morgan fingerprint density at radius 1 is 1.50 bits per heavy atom. The number of nitrogens with one attached hydrogen (secondary N) is 1. The first kappa shape index (κ1) is 15.9. The molecule has 1 aromatic heterocycles. The number of likely N-dealkylation sites (tertiary alicyclic amines) is 1. The zero-order valence-electron chi connectivity index (χ0n) is 12.2. The van der Waals surface area contributed by atoms with E-state index in [1.165, 1.54) is 11.8 Å². The molecule has 2 heterocycles. The summed E-state index contributed by atoms with van der Waals surface area (Å²) < 4.78 is 0. The molecule has 1 unspecified atom stereocenters. The molecule has 120 valence electrons. The number of aromatic amines is 1. The SMILES string of the molecule is Cc1[nH]nc(C(=O)N2CCCCC2CCC(=O)O)c1[N+](=O)[O-]. The van der Waals surface area contributed by atoms with Gasteiger partial charge in [-0.3, -0.25) is 24.8 Å². The molecule has 0 radical (unpaired) electrons. The monoisotopic (exact) mass is 310 g/mol. The molecular weight excluding hydrogens is 292 g/mol. The minimum absolute atomic E-state index is 0.0316. The molecule has 0 saturated carbocycles. The van der Waals surface area contributed by atoms with E-state index in [2.05, 4.69) is 10.2 Å². The number of nitro groups is 1. The van der Waals surface area contributed by atoms with E-state index in [1.807, 2.05) is 0 Å². The fourth-order valence-electron chi connectivity index (χ4n) is 2.79. The van der Waals surface area contributed by atoms with E-state index in [0.29, 0.717) is 19.4 Å². The van der Waals surface area contributed by atoms with Crippen molar-refractivity contribution in [1.82, 2.24) is 15.1 Å². The maximum atomic E-state index is 12.6. The van der Waals surface area contributed by atoms with Crippen molar-refractivity contribution in [2.75, 3.05) is 6.54 Å². The third-order valence-electron chi connectivity index (χ3n) is 3.88. The Bertz CT molecular complexity index is 597. The standard InChI is InChI=1S/C13H18N4O5/c1-8-12(17(21)22)11(15-14-8)13(20)16-7-3-2-4-9(16)5-6-10(18)19/h9H,2-7H2,1H3,(H,14,15)(H,18,19). The summed E-state index contributed by atoms with van der Waals surface area (Å²) in [5.41, 5.74) is -0.287. The van der Waals surface area contributed by atoms with E-state index in [-0.39, 0.29) is 29.5 Å². The van der Waals surface area contributed by atoms with Crippen molar-refractivity contribution in [3.8, 4) is 0 Å². The van der Waals surface area contributed by atoms with Crippen LogP contribution in [0.4, 0.5) is 5.69 Å². The number of H-pyrrole nitrogens is 1. The van der Waals surface area contributed by atoms with E-state index >= 15 is 0 Å². The van der Waals surface area contributed by atoms with Gasteiger partial charge in [-0.05, 0) is 32.6 Å².